The maximum atomic E-state index is 12.0. The highest BCUT2D eigenvalue weighted by atomic mass is 32.2. The highest BCUT2D eigenvalue weighted by Gasteiger charge is 2.50. The van der Waals surface area contributed by atoms with Crippen molar-refractivity contribution in [1.29, 1.82) is 0 Å². The predicted molar refractivity (Wildman–Crippen MR) is 50.6 cm³/mol. The Kier molecular flexibility index (Phi) is 3.65. The number of oxime groups is 1. The molecule has 0 saturated heterocycles. The molecule has 0 aliphatic carbocycles. The summed E-state index contributed by atoms with van der Waals surface area (Å²) in [5.74, 6) is -0.942. The molecule has 0 atom stereocenters. The summed E-state index contributed by atoms with van der Waals surface area (Å²) in [5, 5.41) is 11.0. The highest BCUT2D eigenvalue weighted by molar-refractivity contribution is 7.88. The fourth-order valence-corrected chi connectivity index (χ4v) is 1.79. The van der Waals surface area contributed by atoms with Gasteiger partial charge >= 0.3 is 21.5 Å². The molecule has 0 aromatic carbocycles. The molecule has 10 heteroatoms. The van der Waals surface area contributed by atoms with Crippen LogP contribution in [-0.2, 0) is 14.3 Å². The van der Waals surface area contributed by atoms with Crippen molar-refractivity contribution in [2.45, 2.75) is 18.3 Å². The van der Waals surface area contributed by atoms with E-state index in [9.17, 15) is 21.6 Å². The van der Waals surface area contributed by atoms with Gasteiger partial charge in [0, 0.05) is 12.8 Å². The van der Waals surface area contributed by atoms with Gasteiger partial charge in [0.05, 0.1) is 0 Å². The van der Waals surface area contributed by atoms with E-state index in [4.69, 9.17) is 5.21 Å². The molecular weight excluding hydrogens is 265 g/mol. The molecule has 0 aromatic rings. The van der Waals surface area contributed by atoms with Gasteiger partial charge < -0.3 is 9.39 Å². The molecule has 6 nitrogen and oxygen atoms in total. The second kappa shape index (κ2) is 4.51. The molecule has 0 unspecified atom stereocenters. The summed E-state index contributed by atoms with van der Waals surface area (Å²) in [6, 6.07) is 0. The average molecular weight is 275 g/mol. The van der Waals surface area contributed by atoms with E-state index in [2.05, 4.69) is 9.34 Å². The Hall–Kier alpha value is -1.32. The van der Waals surface area contributed by atoms with Gasteiger partial charge in [-0.1, -0.05) is 0 Å². The zero-order valence-corrected chi connectivity index (χ0v) is 9.55. The van der Waals surface area contributed by atoms with E-state index in [1.165, 1.54) is 11.6 Å². The molecule has 0 spiro atoms. The van der Waals surface area contributed by atoms with Gasteiger partial charge in [-0.05, 0) is 5.16 Å². The fraction of sp³-hybridized carbons (Fsp3) is 0.714. The third kappa shape index (κ3) is 2.87. The first-order valence-corrected chi connectivity index (χ1v) is 5.90. The van der Waals surface area contributed by atoms with E-state index in [-0.39, 0.29) is 12.1 Å². The van der Waals surface area contributed by atoms with Crippen LogP contribution in [0.3, 0.4) is 0 Å². The van der Waals surface area contributed by atoms with Gasteiger partial charge in [0.2, 0.25) is 5.71 Å². The molecule has 1 rings (SSSR count). The van der Waals surface area contributed by atoms with Crippen LogP contribution in [0.4, 0.5) is 13.2 Å². The number of nitrogens with zero attached hydrogens (tertiary/aromatic N) is 2. The van der Waals surface area contributed by atoms with Crippen LogP contribution in [-0.4, -0.2) is 48.9 Å². The topological polar surface area (TPSA) is 79.0 Å². The maximum absolute atomic E-state index is 12.0. The lowest BCUT2D eigenvalue weighted by molar-refractivity contribution is -0.487. The second-order valence-corrected chi connectivity index (χ2v) is 4.90. The fourth-order valence-electron chi connectivity index (χ4n) is 1.35. The van der Waals surface area contributed by atoms with E-state index in [1.807, 2.05) is 0 Å². The van der Waals surface area contributed by atoms with Gasteiger partial charge in [0.25, 0.3) is 0 Å². The molecular formula is C7H10F3N2O4S+. The molecule has 0 aromatic heterocycles. The Balaban J connectivity index is 2.99. The highest BCUT2D eigenvalue weighted by Crippen LogP contribution is 2.25. The minimum atomic E-state index is -5.81. The summed E-state index contributed by atoms with van der Waals surface area (Å²) in [4.78, 5) is 0. The lowest BCUT2D eigenvalue weighted by Gasteiger charge is -2.08. The summed E-state index contributed by atoms with van der Waals surface area (Å²) in [6.07, 6.45) is 0.892. The number of alkyl halides is 3. The monoisotopic (exact) mass is 275 g/mol. The smallest absolute Gasteiger partial charge is 0.408 e. The molecule has 1 aliphatic rings. The van der Waals surface area contributed by atoms with Crippen LogP contribution in [0.1, 0.15) is 12.8 Å². The van der Waals surface area contributed by atoms with Crippen molar-refractivity contribution in [1.82, 2.24) is 0 Å². The summed E-state index contributed by atoms with van der Waals surface area (Å²) in [6.45, 7) is 0.518. The third-order valence-corrected chi connectivity index (χ3v) is 3.12. The van der Waals surface area contributed by atoms with Crippen LogP contribution in [0.2, 0.25) is 0 Å². The van der Waals surface area contributed by atoms with Crippen molar-refractivity contribution in [3.05, 3.63) is 0 Å². The van der Waals surface area contributed by atoms with E-state index in [0.29, 0.717) is 13.0 Å². The molecule has 1 heterocycles. The zero-order chi connectivity index (χ0) is 13.3. The molecule has 1 N–H and O–H groups in total. The van der Waals surface area contributed by atoms with Crippen molar-refractivity contribution in [3.63, 3.8) is 0 Å². The minimum absolute atomic E-state index is 0.111. The van der Waals surface area contributed by atoms with Crippen molar-refractivity contribution < 1.29 is 35.6 Å². The van der Waals surface area contributed by atoms with E-state index in [1.54, 1.807) is 0 Å². The van der Waals surface area contributed by atoms with E-state index >= 15 is 0 Å². The van der Waals surface area contributed by atoms with Crippen molar-refractivity contribution in [3.8, 4) is 0 Å². The minimum Gasteiger partial charge on any atom is -0.408 e. The molecule has 1 aliphatic heterocycles. The summed E-state index contributed by atoms with van der Waals surface area (Å²) >= 11 is 0. The van der Waals surface area contributed by atoms with Gasteiger partial charge in [-0.3, -0.25) is 0 Å². The predicted octanol–water partition coefficient (Wildman–Crippen LogP) is 0.517. The van der Waals surface area contributed by atoms with Gasteiger partial charge in [0.1, 0.15) is 13.6 Å². The SMILES string of the molecule is C[N+]1=C(C(=NO)OS(=O)(=O)C(F)(F)F)CCC1. The first-order chi connectivity index (χ1) is 7.69. The van der Waals surface area contributed by atoms with Crippen molar-refractivity contribution in [2.75, 3.05) is 13.6 Å². The quantitative estimate of drug-likeness (QED) is 0.151. The molecule has 0 bridgehead atoms. The van der Waals surface area contributed by atoms with Gasteiger partial charge in [-0.15, -0.1) is 0 Å². The van der Waals surface area contributed by atoms with Gasteiger partial charge in [0.15, 0.2) is 0 Å². The van der Waals surface area contributed by atoms with Crippen LogP contribution in [0, 0.1) is 0 Å². The lowest BCUT2D eigenvalue weighted by Crippen LogP contribution is -2.32. The van der Waals surface area contributed by atoms with Crippen LogP contribution in [0.5, 0.6) is 0 Å². The van der Waals surface area contributed by atoms with E-state index in [0.717, 1.165) is 0 Å². The largest absolute Gasteiger partial charge is 0.534 e. The Labute approximate surface area is 95.1 Å². The van der Waals surface area contributed by atoms with Gasteiger partial charge in [-0.2, -0.15) is 21.6 Å². The first-order valence-electron chi connectivity index (χ1n) is 4.49. The molecule has 17 heavy (non-hydrogen) atoms. The lowest BCUT2D eigenvalue weighted by atomic mass is 10.2. The number of hydrogen-bond acceptors (Lipinski definition) is 5. The number of halogens is 3. The molecule has 98 valence electrons. The standard InChI is InChI=1S/C7H9F3N2O4S/c1-12-4-2-3-5(12)6(11-13)16-17(14,15)7(8,9)10/h2-4H2,1H3/p+1. The summed E-state index contributed by atoms with van der Waals surface area (Å²) in [5.41, 5.74) is -5.44. The number of hydrogen-bond donors (Lipinski definition) is 1. The van der Waals surface area contributed by atoms with Gasteiger partial charge in [-0.25, -0.2) is 4.58 Å². The summed E-state index contributed by atoms with van der Waals surface area (Å²) in [7, 11) is -4.28. The first kappa shape index (κ1) is 13.7. The van der Waals surface area contributed by atoms with Crippen LogP contribution >= 0.6 is 0 Å². The Bertz CT molecular complexity index is 466. The van der Waals surface area contributed by atoms with Crippen LogP contribution < -0.4 is 0 Å². The molecule has 0 fully saturated rings. The van der Waals surface area contributed by atoms with Crippen molar-refractivity contribution >= 4 is 21.7 Å². The molecule has 0 radical (unpaired) electrons. The Morgan fingerprint density at radius 1 is 1.53 bits per heavy atom. The van der Waals surface area contributed by atoms with Crippen molar-refractivity contribution in [2.24, 2.45) is 5.16 Å². The van der Waals surface area contributed by atoms with Crippen LogP contribution in [0.25, 0.3) is 0 Å². The number of rotatable bonds is 2. The Morgan fingerprint density at radius 3 is 2.47 bits per heavy atom. The van der Waals surface area contributed by atoms with E-state index < -0.39 is 21.5 Å². The summed E-state index contributed by atoms with van der Waals surface area (Å²) < 4.78 is 62.8. The molecule has 0 saturated carbocycles. The Morgan fingerprint density at radius 2 is 2.12 bits per heavy atom. The molecule has 0 amide bonds. The second-order valence-electron chi connectivity index (χ2n) is 3.36. The maximum Gasteiger partial charge on any atom is 0.534 e. The zero-order valence-electron chi connectivity index (χ0n) is 8.73. The average Bonchev–Trinajstić information content (AvgIpc) is 2.59. The van der Waals surface area contributed by atoms with Crippen LogP contribution in [0.15, 0.2) is 5.16 Å². The third-order valence-electron chi connectivity index (χ3n) is 2.18. The normalized spacial score (nSPS) is 18.7.